The fourth-order valence-corrected chi connectivity index (χ4v) is 3.88. The summed E-state index contributed by atoms with van der Waals surface area (Å²) in [5.41, 5.74) is 3.74. The summed E-state index contributed by atoms with van der Waals surface area (Å²) >= 11 is 0. The zero-order valence-corrected chi connectivity index (χ0v) is 19.7. The van der Waals surface area contributed by atoms with E-state index in [9.17, 15) is 9.59 Å². The van der Waals surface area contributed by atoms with Gasteiger partial charge in [-0.3, -0.25) is 9.59 Å². The Labute approximate surface area is 199 Å². The number of carbonyl (C=O) groups is 2. The highest BCUT2D eigenvalue weighted by molar-refractivity contribution is 6.07. The SMILES string of the molecule is CCN(Cc1ccccc1)C(=O)CNC(=O)c1cc(-c2ccccc2)nc2c1cnn2C(C)C. The van der Waals surface area contributed by atoms with Crippen LogP contribution in [0.25, 0.3) is 22.3 Å². The van der Waals surface area contributed by atoms with Crippen molar-refractivity contribution in [3.05, 3.63) is 84.1 Å². The molecule has 0 bridgehead atoms. The third-order valence-electron chi connectivity index (χ3n) is 5.72. The Morgan fingerprint density at radius 1 is 1.03 bits per heavy atom. The molecule has 7 heteroatoms. The lowest BCUT2D eigenvalue weighted by molar-refractivity contribution is -0.130. The van der Waals surface area contributed by atoms with Crippen molar-refractivity contribution in [3.63, 3.8) is 0 Å². The van der Waals surface area contributed by atoms with Crippen molar-refractivity contribution in [1.29, 1.82) is 0 Å². The molecule has 0 atom stereocenters. The third-order valence-corrected chi connectivity index (χ3v) is 5.72. The van der Waals surface area contributed by atoms with E-state index in [-0.39, 0.29) is 24.4 Å². The predicted molar refractivity (Wildman–Crippen MR) is 133 cm³/mol. The van der Waals surface area contributed by atoms with Crippen LogP contribution in [0.5, 0.6) is 0 Å². The lowest BCUT2D eigenvalue weighted by Crippen LogP contribution is -2.39. The van der Waals surface area contributed by atoms with Crippen molar-refractivity contribution in [1.82, 2.24) is 25.0 Å². The van der Waals surface area contributed by atoms with Gasteiger partial charge in [0.15, 0.2) is 5.65 Å². The second kappa shape index (κ2) is 10.3. The number of benzene rings is 2. The average Bonchev–Trinajstić information content (AvgIpc) is 3.30. The van der Waals surface area contributed by atoms with E-state index in [4.69, 9.17) is 4.98 Å². The van der Waals surface area contributed by atoms with E-state index in [0.29, 0.717) is 35.4 Å². The monoisotopic (exact) mass is 455 g/mol. The summed E-state index contributed by atoms with van der Waals surface area (Å²) in [5.74, 6) is -0.455. The molecule has 2 amide bonds. The molecule has 0 radical (unpaired) electrons. The highest BCUT2D eigenvalue weighted by atomic mass is 16.2. The quantitative estimate of drug-likeness (QED) is 0.425. The Morgan fingerprint density at radius 2 is 1.71 bits per heavy atom. The molecule has 0 saturated heterocycles. The summed E-state index contributed by atoms with van der Waals surface area (Å²) in [4.78, 5) is 32.6. The summed E-state index contributed by atoms with van der Waals surface area (Å²) in [5, 5.41) is 7.93. The fraction of sp³-hybridized carbons (Fsp3) is 0.259. The van der Waals surface area contributed by atoms with Gasteiger partial charge in [0.05, 0.1) is 29.4 Å². The van der Waals surface area contributed by atoms with Crippen LogP contribution in [0, 0.1) is 0 Å². The molecular weight excluding hydrogens is 426 g/mol. The number of nitrogens with one attached hydrogen (secondary N) is 1. The number of aromatic nitrogens is 3. The first kappa shape index (κ1) is 23.2. The van der Waals surface area contributed by atoms with E-state index in [1.165, 1.54) is 0 Å². The lowest BCUT2D eigenvalue weighted by atomic mass is 10.1. The van der Waals surface area contributed by atoms with Crippen LogP contribution >= 0.6 is 0 Å². The number of rotatable bonds is 8. The summed E-state index contributed by atoms with van der Waals surface area (Å²) in [6.07, 6.45) is 1.67. The van der Waals surface area contributed by atoms with Gasteiger partial charge in [-0.05, 0) is 32.4 Å². The minimum atomic E-state index is -0.322. The number of hydrogen-bond donors (Lipinski definition) is 1. The van der Waals surface area contributed by atoms with Gasteiger partial charge in [0.2, 0.25) is 5.91 Å². The van der Waals surface area contributed by atoms with Crippen LogP contribution in [-0.4, -0.2) is 44.6 Å². The topological polar surface area (TPSA) is 80.1 Å². The van der Waals surface area contributed by atoms with Crippen LogP contribution in [0.3, 0.4) is 0 Å². The van der Waals surface area contributed by atoms with E-state index < -0.39 is 0 Å². The molecular formula is C27H29N5O2. The van der Waals surface area contributed by atoms with E-state index in [1.54, 1.807) is 17.2 Å². The van der Waals surface area contributed by atoms with Gasteiger partial charge in [0, 0.05) is 24.7 Å². The molecule has 0 aliphatic rings. The zero-order chi connectivity index (χ0) is 24.1. The van der Waals surface area contributed by atoms with Crippen molar-refractivity contribution < 1.29 is 9.59 Å². The predicted octanol–water partition coefficient (Wildman–Crippen LogP) is 4.46. The van der Waals surface area contributed by atoms with Gasteiger partial charge in [0.25, 0.3) is 5.91 Å². The van der Waals surface area contributed by atoms with Crippen molar-refractivity contribution in [2.75, 3.05) is 13.1 Å². The molecule has 2 aromatic heterocycles. The van der Waals surface area contributed by atoms with E-state index in [0.717, 1.165) is 11.1 Å². The normalized spacial score (nSPS) is 11.1. The molecule has 0 saturated carbocycles. The van der Waals surface area contributed by atoms with Crippen LogP contribution in [0.4, 0.5) is 0 Å². The van der Waals surface area contributed by atoms with Crippen molar-refractivity contribution >= 4 is 22.8 Å². The number of pyridine rings is 1. The van der Waals surface area contributed by atoms with Crippen LogP contribution in [0.2, 0.25) is 0 Å². The Morgan fingerprint density at radius 3 is 2.35 bits per heavy atom. The van der Waals surface area contributed by atoms with Crippen LogP contribution in [-0.2, 0) is 11.3 Å². The molecule has 174 valence electrons. The number of amides is 2. The fourth-order valence-electron chi connectivity index (χ4n) is 3.88. The maximum atomic E-state index is 13.2. The molecule has 4 rings (SSSR count). The largest absolute Gasteiger partial charge is 0.343 e. The molecule has 0 spiro atoms. The molecule has 2 heterocycles. The number of carbonyl (C=O) groups excluding carboxylic acids is 2. The minimum absolute atomic E-state index is 0.0810. The third kappa shape index (κ3) is 4.98. The van der Waals surface area contributed by atoms with Crippen molar-refractivity contribution in [2.24, 2.45) is 0 Å². The Kier molecular flexibility index (Phi) is 7.01. The van der Waals surface area contributed by atoms with Crippen molar-refractivity contribution in [2.45, 2.75) is 33.4 Å². The molecule has 34 heavy (non-hydrogen) atoms. The molecule has 7 nitrogen and oxygen atoms in total. The molecule has 0 aliphatic carbocycles. The number of nitrogens with zero attached hydrogens (tertiary/aromatic N) is 4. The first-order valence-corrected chi connectivity index (χ1v) is 11.5. The maximum absolute atomic E-state index is 13.2. The highest BCUT2D eigenvalue weighted by Gasteiger charge is 2.20. The summed E-state index contributed by atoms with van der Waals surface area (Å²) in [6, 6.07) is 21.4. The Bertz CT molecular complexity index is 1280. The number of likely N-dealkylation sites (N-methyl/N-ethyl adjacent to an activating group) is 1. The molecule has 0 unspecified atom stereocenters. The summed E-state index contributed by atoms with van der Waals surface area (Å²) in [7, 11) is 0. The summed E-state index contributed by atoms with van der Waals surface area (Å²) < 4.78 is 1.81. The molecule has 1 N–H and O–H groups in total. The number of fused-ring (bicyclic) bond motifs is 1. The van der Waals surface area contributed by atoms with E-state index in [1.807, 2.05) is 86.1 Å². The second-order valence-electron chi connectivity index (χ2n) is 8.42. The molecule has 0 fully saturated rings. The second-order valence-corrected chi connectivity index (χ2v) is 8.42. The Hall–Kier alpha value is -4.00. The minimum Gasteiger partial charge on any atom is -0.343 e. The van der Waals surface area contributed by atoms with Crippen molar-refractivity contribution in [3.8, 4) is 11.3 Å². The highest BCUT2D eigenvalue weighted by Crippen LogP contribution is 2.26. The first-order valence-electron chi connectivity index (χ1n) is 11.5. The average molecular weight is 456 g/mol. The van der Waals surface area contributed by atoms with Gasteiger partial charge < -0.3 is 10.2 Å². The lowest BCUT2D eigenvalue weighted by Gasteiger charge is -2.21. The van der Waals surface area contributed by atoms with Gasteiger partial charge >= 0.3 is 0 Å². The maximum Gasteiger partial charge on any atom is 0.252 e. The van der Waals surface area contributed by atoms with Crippen LogP contribution in [0.1, 0.15) is 42.7 Å². The van der Waals surface area contributed by atoms with E-state index >= 15 is 0 Å². The molecule has 4 aromatic rings. The Balaban J connectivity index is 1.58. The van der Waals surface area contributed by atoms with Gasteiger partial charge in [-0.1, -0.05) is 60.7 Å². The first-order chi connectivity index (χ1) is 16.5. The molecule has 2 aromatic carbocycles. The number of hydrogen-bond acceptors (Lipinski definition) is 4. The van der Waals surface area contributed by atoms with Gasteiger partial charge in [0.1, 0.15) is 0 Å². The standard InChI is InChI=1S/C27H29N5O2/c1-4-31(18-20-11-7-5-8-12-20)25(33)17-28-27(34)22-15-24(21-13-9-6-10-14-21)30-26-23(22)16-29-32(26)19(2)3/h5-16,19H,4,17-18H2,1-3H3,(H,28,34). The van der Waals surface area contributed by atoms with Gasteiger partial charge in [-0.15, -0.1) is 0 Å². The smallest absolute Gasteiger partial charge is 0.252 e. The van der Waals surface area contributed by atoms with E-state index in [2.05, 4.69) is 10.4 Å². The summed E-state index contributed by atoms with van der Waals surface area (Å²) in [6.45, 7) is 6.96. The van der Waals surface area contributed by atoms with Gasteiger partial charge in [-0.25, -0.2) is 9.67 Å². The zero-order valence-electron chi connectivity index (χ0n) is 19.7. The molecule has 0 aliphatic heterocycles. The van der Waals surface area contributed by atoms with Crippen LogP contribution in [0.15, 0.2) is 72.9 Å². The van der Waals surface area contributed by atoms with Gasteiger partial charge in [-0.2, -0.15) is 5.10 Å². The van der Waals surface area contributed by atoms with Crippen LogP contribution < -0.4 is 5.32 Å².